The highest BCUT2D eigenvalue weighted by molar-refractivity contribution is 6.00. The molecular formula is C17H18N4O2. The average molecular weight is 310 g/mol. The van der Waals surface area contributed by atoms with E-state index in [9.17, 15) is 9.59 Å². The summed E-state index contributed by atoms with van der Waals surface area (Å²) in [4.78, 5) is 30.5. The number of benzene rings is 1. The SMILES string of the molecule is O=C1CC[C@@H](C(=O)N2CCCn3cc(-c4ccccc4)nc32)N1. The van der Waals surface area contributed by atoms with Gasteiger partial charge in [-0.25, -0.2) is 4.98 Å². The molecule has 1 fully saturated rings. The fourth-order valence-corrected chi connectivity index (χ4v) is 3.23. The maximum atomic E-state index is 12.7. The van der Waals surface area contributed by atoms with Crippen molar-refractivity contribution >= 4 is 17.8 Å². The second-order valence-corrected chi connectivity index (χ2v) is 5.99. The molecule has 6 heteroatoms. The number of aromatic nitrogens is 2. The highest BCUT2D eigenvalue weighted by Gasteiger charge is 2.34. The Kier molecular flexibility index (Phi) is 3.37. The highest BCUT2D eigenvalue weighted by atomic mass is 16.2. The first kappa shape index (κ1) is 14.0. The number of anilines is 1. The molecule has 118 valence electrons. The normalized spacial score (nSPS) is 20.3. The Hall–Kier alpha value is -2.63. The smallest absolute Gasteiger partial charge is 0.251 e. The van der Waals surface area contributed by atoms with Crippen LogP contribution in [0, 0.1) is 0 Å². The first-order valence-electron chi connectivity index (χ1n) is 7.96. The van der Waals surface area contributed by atoms with Gasteiger partial charge >= 0.3 is 0 Å². The first-order chi connectivity index (χ1) is 11.2. The molecule has 1 saturated heterocycles. The molecule has 6 nitrogen and oxygen atoms in total. The topological polar surface area (TPSA) is 67.2 Å². The van der Waals surface area contributed by atoms with Gasteiger partial charge in [0, 0.05) is 31.3 Å². The van der Waals surface area contributed by atoms with Crippen molar-refractivity contribution in [3.8, 4) is 11.3 Å². The van der Waals surface area contributed by atoms with E-state index in [1.54, 1.807) is 4.90 Å². The van der Waals surface area contributed by atoms with Crippen LogP contribution < -0.4 is 10.2 Å². The van der Waals surface area contributed by atoms with Gasteiger partial charge < -0.3 is 9.88 Å². The molecule has 2 aliphatic heterocycles. The fraction of sp³-hybridized carbons (Fsp3) is 0.353. The van der Waals surface area contributed by atoms with Crippen LogP contribution in [0.4, 0.5) is 5.95 Å². The van der Waals surface area contributed by atoms with Crippen molar-refractivity contribution in [3.63, 3.8) is 0 Å². The minimum Gasteiger partial charge on any atom is -0.344 e. The molecule has 1 atom stereocenters. The van der Waals surface area contributed by atoms with Crippen LogP contribution in [0.2, 0.25) is 0 Å². The second kappa shape index (κ2) is 5.53. The summed E-state index contributed by atoms with van der Waals surface area (Å²) in [6.45, 7) is 1.51. The molecule has 3 heterocycles. The van der Waals surface area contributed by atoms with Crippen molar-refractivity contribution < 1.29 is 9.59 Å². The highest BCUT2D eigenvalue weighted by Crippen LogP contribution is 2.27. The molecule has 23 heavy (non-hydrogen) atoms. The molecule has 0 radical (unpaired) electrons. The van der Waals surface area contributed by atoms with E-state index in [2.05, 4.69) is 10.3 Å². The molecule has 2 aliphatic rings. The van der Waals surface area contributed by atoms with Gasteiger partial charge in [0.2, 0.25) is 11.9 Å². The third-order valence-corrected chi connectivity index (χ3v) is 4.41. The maximum Gasteiger partial charge on any atom is 0.251 e. The number of amides is 2. The summed E-state index contributed by atoms with van der Waals surface area (Å²) in [7, 11) is 0. The van der Waals surface area contributed by atoms with Crippen LogP contribution in [-0.4, -0.2) is 34.0 Å². The quantitative estimate of drug-likeness (QED) is 0.915. The lowest BCUT2D eigenvalue weighted by Gasteiger charge is -2.29. The summed E-state index contributed by atoms with van der Waals surface area (Å²) in [6, 6.07) is 9.54. The Bertz CT molecular complexity index is 753. The number of hydrogen-bond donors (Lipinski definition) is 1. The molecule has 2 amide bonds. The third kappa shape index (κ3) is 2.50. The maximum absolute atomic E-state index is 12.7. The summed E-state index contributed by atoms with van der Waals surface area (Å²) in [5.41, 5.74) is 1.91. The van der Waals surface area contributed by atoms with Gasteiger partial charge in [-0.15, -0.1) is 0 Å². The predicted molar refractivity (Wildman–Crippen MR) is 85.8 cm³/mol. The number of carbonyl (C=O) groups excluding carboxylic acids is 2. The molecule has 1 N–H and O–H groups in total. The lowest BCUT2D eigenvalue weighted by Crippen LogP contribution is -2.47. The van der Waals surface area contributed by atoms with Gasteiger partial charge in [0.05, 0.1) is 5.69 Å². The summed E-state index contributed by atoms with van der Waals surface area (Å²) in [5, 5.41) is 2.75. The molecule has 1 aromatic carbocycles. The third-order valence-electron chi connectivity index (χ3n) is 4.41. The molecule has 0 bridgehead atoms. The predicted octanol–water partition coefficient (Wildman–Crippen LogP) is 1.57. The molecule has 4 rings (SSSR count). The van der Waals surface area contributed by atoms with E-state index in [1.165, 1.54) is 0 Å². The van der Waals surface area contributed by atoms with E-state index in [-0.39, 0.29) is 11.8 Å². The molecular weight excluding hydrogens is 292 g/mol. The largest absolute Gasteiger partial charge is 0.344 e. The van der Waals surface area contributed by atoms with Crippen molar-refractivity contribution in [2.24, 2.45) is 0 Å². The van der Waals surface area contributed by atoms with Crippen LogP contribution in [0.5, 0.6) is 0 Å². The number of hydrogen-bond acceptors (Lipinski definition) is 3. The van der Waals surface area contributed by atoms with E-state index in [0.29, 0.717) is 25.3 Å². The van der Waals surface area contributed by atoms with Crippen LogP contribution in [0.25, 0.3) is 11.3 Å². The molecule has 1 aromatic heterocycles. The first-order valence-corrected chi connectivity index (χ1v) is 7.96. The zero-order valence-corrected chi connectivity index (χ0v) is 12.7. The number of fused-ring (bicyclic) bond motifs is 1. The molecule has 0 aliphatic carbocycles. The summed E-state index contributed by atoms with van der Waals surface area (Å²) in [5.74, 6) is 0.580. The number of rotatable bonds is 2. The molecule has 0 unspecified atom stereocenters. The van der Waals surface area contributed by atoms with Gasteiger partial charge in [0.25, 0.3) is 5.91 Å². The fourth-order valence-electron chi connectivity index (χ4n) is 3.23. The Labute approximate surface area is 134 Å². The summed E-state index contributed by atoms with van der Waals surface area (Å²) >= 11 is 0. The summed E-state index contributed by atoms with van der Waals surface area (Å²) in [6.07, 6.45) is 3.88. The van der Waals surface area contributed by atoms with Gasteiger partial charge in [-0.1, -0.05) is 30.3 Å². The zero-order valence-electron chi connectivity index (χ0n) is 12.7. The monoisotopic (exact) mass is 310 g/mol. The second-order valence-electron chi connectivity index (χ2n) is 5.99. The average Bonchev–Trinajstić information content (AvgIpc) is 3.21. The van der Waals surface area contributed by atoms with Crippen molar-refractivity contribution in [2.45, 2.75) is 31.8 Å². The van der Waals surface area contributed by atoms with E-state index in [0.717, 1.165) is 24.2 Å². The number of aryl methyl sites for hydroxylation is 1. The number of imidazole rings is 1. The van der Waals surface area contributed by atoms with Crippen LogP contribution in [-0.2, 0) is 16.1 Å². The van der Waals surface area contributed by atoms with Gasteiger partial charge in [-0.2, -0.15) is 0 Å². The lowest BCUT2D eigenvalue weighted by molar-refractivity contribution is -0.124. The van der Waals surface area contributed by atoms with E-state index in [1.807, 2.05) is 41.1 Å². The minimum absolute atomic E-state index is 0.0475. The minimum atomic E-state index is -0.411. The van der Waals surface area contributed by atoms with Crippen LogP contribution >= 0.6 is 0 Å². The van der Waals surface area contributed by atoms with Crippen molar-refractivity contribution in [2.75, 3.05) is 11.4 Å². The lowest BCUT2D eigenvalue weighted by atomic mass is 10.2. The van der Waals surface area contributed by atoms with E-state index < -0.39 is 6.04 Å². The van der Waals surface area contributed by atoms with Gasteiger partial charge in [0.15, 0.2) is 0 Å². The number of carbonyl (C=O) groups is 2. The Morgan fingerprint density at radius 2 is 2.04 bits per heavy atom. The zero-order chi connectivity index (χ0) is 15.8. The van der Waals surface area contributed by atoms with Crippen molar-refractivity contribution in [3.05, 3.63) is 36.5 Å². The van der Waals surface area contributed by atoms with E-state index in [4.69, 9.17) is 0 Å². The standard InChI is InChI=1S/C17H18N4O2/c22-15-8-7-13(18-15)16(23)21-10-4-9-20-11-14(19-17(20)21)12-5-2-1-3-6-12/h1-3,5-6,11,13H,4,7-10H2,(H,18,22)/t13-/m0/s1. The molecule has 0 spiro atoms. The van der Waals surface area contributed by atoms with Gasteiger partial charge in [-0.05, 0) is 12.8 Å². The molecule has 0 saturated carbocycles. The van der Waals surface area contributed by atoms with Crippen molar-refractivity contribution in [1.29, 1.82) is 0 Å². The Morgan fingerprint density at radius 1 is 1.22 bits per heavy atom. The van der Waals surface area contributed by atoms with Crippen LogP contribution in [0.15, 0.2) is 36.5 Å². The number of nitrogens with zero attached hydrogens (tertiary/aromatic N) is 3. The van der Waals surface area contributed by atoms with Crippen molar-refractivity contribution in [1.82, 2.24) is 14.9 Å². The van der Waals surface area contributed by atoms with Crippen LogP contribution in [0.3, 0.4) is 0 Å². The number of nitrogens with one attached hydrogen (secondary N) is 1. The van der Waals surface area contributed by atoms with Gasteiger partial charge in [-0.3, -0.25) is 14.5 Å². The Balaban J connectivity index is 1.64. The van der Waals surface area contributed by atoms with Gasteiger partial charge in [0.1, 0.15) is 6.04 Å². The molecule has 2 aromatic rings. The summed E-state index contributed by atoms with van der Waals surface area (Å²) < 4.78 is 2.03. The van der Waals surface area contributed by atoms with Crippen LogP contribution in [0.1, 0.15) is 19.3 Å². The Morgan fingerprint density at radius 3 is 2.78 bits per heavy atom. The van der Waals surface area contributed by atoms with E-state index >= 15 is 0 Å².